The first-order valence-corrected chi connectivity index (χ1v) is 10.5. The zero-order chi connectivity index (χ0) is 13.4. The Morgan fingerprint density at radius 1 is 1.06 bits per heavy atom. The maximum Gasteiger partial charge on any atom is 0.0724 e. The Morgan fingerprint density at radius 3 is 1.82 bits per heavy atom. The lowest BCUT2D eigenvalue weighted by Gasteiger charge is -2.44. The molecule has 0 spiro atoms. The maximum atomic E-state index is 6.09. The second-order valence-electron chi connectivity index (χ2n) is 5.95. The Morgan fingerprint density at radius 2 is 1.53 bits per heavy atom. The van der Waals surface area contributed by atoms with E-state index in [-0.39, 0.29) is 0 Å². The topological polar surface area (TPSA) is 26.0 Å². The predicted molar refractivity (Wildman–Crippen MR) is 83.1 cm³/mol. The largest absolute Gasteiger partial charge is 0.333 e. The second-order valence-corrected chi connectivity index (χ2v) is 11.1. The third kappa shape index (κ3) is 4.59. The van der Waals surface area contributed by atoms with Crippen molar-refractivity contribution in [3.05, 3.63) is 12.2 Å². The maximum absolute atomic E-state index is 6.09. The lowest BCUT2D eigenvalue weighted by Crippen LogP contribution is -2.48. The lowest BCUT2D eigenvalue weighted by atomic mass is 9.94. The van der Waals surface area contributed by atoms with E-state index >= 15 is 0 Å². The monoisotopic (exact) mass is 255 g/mol. The van der Waals surface area contributed by atoms with Crippen LogP contribution in [-0.2, 0) is 0 Å². The van der Waals surface area contributed by atoms with E-state index in [0.29, 0.717) is 5.04 Å². The first-order chi connectivity index (χ1) is 7.99. The van der Waals surface area contributed by atoms with Gasteiger partial charge in [0.25, 0.3) is 0 Å². The van der Waals surface area contributed by atoms with Gasteiger partial charge in [-0.05, 0) is 31.0 Å². The summed E-state index contributed by atoms with van der Waals surface area (Å²) in [6.07, 6.45) is 13.6. The highest BCUT2D eigenvalue weighted by molar-refractivity contribution is 6.81. The average Bonchev–Trinajstić information content (AvgIpc) is 2.32. The summed E-state index contributed by atoms with van der Waals surface area (Å²) in [5, 5.41) is 0.433. The summed E-state index contributed by atoms with van der Waals surface area (Å²) in [7, 11) is -1.36. The van der Waals surface area contributed by atoms with E-state index in [0.717, 1.165) is 6.17 Å². The minimum absolute atomic E-state index is 0.433. The molecule has 0 rings (SSSR count). The van der Waals surface area contributed by atoms with Crippen LogP contribution in [0.5, 0.6) is 0 Å². The molecular formula is C15H33NSi. The minimum atomic E-state index is -1.36. The van der Waals surface area contributed by atoms with Crippen LogP contribution < -0.4 is 5.73 Å². The Kier molecular flexibility index (Phi) is 8.06. The summed E-state index contributed by atoms with van der Waals surface area (Å²) in [6, 6.07) is 0. The van der Waals surface area contributed by atoms with Gasteiger partial charge in [-0.1, -0.05) is 64.8 Å². The normalized spacial score (nSPS) is 13.5. The van der Waals surface area contributed by atoms with Crippen molar-refractivity contribution in [3.63, 3.8) is 0 Å². The molecule has 0 saturated carbocycles. The molecule has 0 unspecified atom stereocenters. The fraction of sp³-hybridized carbons (Fsp3) is 0.867. The first-order valence-electron chi connectivity index (χ1n) is 7.33. The number of unbranched alkanes of at least 4 members (excludes halogenated alkanes) is 2. The van der Waals surface area contributed by atoms with E-state index in [1.165, 1.54) is 38.5 Å². The molecule has 0 aromatic heterocycles. The van der Waals surface area contributed by atoms with Gasteiger partial charge in [-0.2, -0.15) is 0 Å². The van der Waals surface area contributed by atoms with Crippen LogP contribution in [0, 0.1) is 0 Å². The summed E-state index contributed by atoms with van der Waals surface area (Å²) in [6.45, 7) is 11.7. The Balaban J connectivity index is 5.07. The van der Waals surface area contributed by atoms with E-state index < -0.39 is 8.07 Å². The lowest BCUT2D eigenvalue weighted by molar-refractivity contribution is 0.495. The molecule has 0 aromatic rings. The van der Waals surface area contributed by atoms with Gasteiger partial charge < -0.3 is 5.73 Å². The van der Waals surface area contributed by atoms with E-state index in [9.17, 15) is 0 Å². The molecule has 2 N–H and O–H groups in total. The first kappa shape index (κ1) is 16.9. The Hall–Kier alpha value is -0.0831. The highest BCUT2D eigenvalue weighted by Crippen LogP contribution is 2.48. The highest BCUT2D eigenvalue weighted by Gasteiger charge is 2.42. The molecule has 0 saturated heterocycles. The number of rotatable bonds is 9. The van der Waals surface area contributed by atoms with E-state index in [4.69, 9.17) is 5.73 Å². The fourth-order valence-corrected chi connectivity index (χ4v) is 5.43. The molecule has 0 radical (unpaired) electrons. The molecule has 0 aliphatic heterocycles. The highest BCUT2D eigenvalue weighted by atomic mass is 28.3. The quantitative estimate of drug-likeness (QED) is 0.461. The zero-order valence-electron chi connectivity index (χ0n) is 12.7. The molecule has 0 aliphatic carbocycles. The number of hydrogen-bond donors (Lipinski definition) is 1. The van der Waals surface area contributed by atoms with Gasteiger partial charge in [0.05, 0.1) is 8.07 Å². The minimum Gasteiger partial charge on any atom is -0.333 e. The molecule has 102 valence electrons. The third-order valence-corrected chi connectivity index (χ3v) is 8.68. The van der Waals surface area contributed by atoms with Crippen molar-refractivity contribution in [1.29, 1.82) is 0 Å². The van der Waals surface area contributed by atoms with Crippen LogP contribution in [0.15, 0.2) is 12.2 Å². The summed E-state index contributed by atoms with van der Waals surface area (Å²) >= 11 is 0. The summed E-state index contributed by atoms with van der Waals surface area (Å²) in [4.78, 5) is 0. The fourth-order valence-electron chi connectivity index (χ4n) is 2.70. The summed E-state index contributed by atoms with van der Waals surface area (Å²) in [5.74, 6) is 0. The van der Waals surface area contributed by atoms with Gasteiger partial charge >= 0.3 is 0 Å². The molecule has 0 fully saturated rings. The average molecular weight is 256 g/mol. The molecule has 0 bridgehead atoms. The second kappa shape index (κ2) is 8.10. The van der Waals surface area contributed by atoms with Crippen LogP contribution in [0.2, 0.25) is 18.1 Å². The van der Waals surface area contributed by atoms with Gasteiger partial charge in [-0.3, -0.25) is 0 Å². The van der Waals surface area contributed by atoms with Crippen molar-refractivity contribution < 1.29 is 0 Å². The zero-order valence-corrected chi connectivity index (χ0v) is 13.7. The number of hydrogen-bond acceptors (Lipinski definition) is 1. The third-order valence-electron chi connectivity index (χ3n) is 4.30. The molecule has 0 amide bonds. The van der Waals surface area contributed by atoms with Crippen LogP contribution in [0.3, 0.4) is 0 Å². The van der Waals surface area contributed by atoms with E-state index in [1.807, 2.05) is 0 Å². The smallest absolute Gasteiger partial charge is 0.0724 e. The van der Waals surface area contributed by atoms with Crippen molar-refractivity contribution in [2.75, 3.05) is 6.17 Å². The van der Waals surface area contributed by atoms with Gasteiger partial charge in [0, 0.05) is 0 Å². The predicted octanol–water partition coefficient (Wildman–Crippen LogP) is 4.89. The molecule has 2 heteroatoms. The van der Waals surface area contributed by atoms with Crippen LogP contribution in [0.25, 0.3) is 0 Å². The van der Waals surface area contributed by atoms with Gasteiger partial charge in [-0.25, -0.2) is 0 Å². The van der Waals surface area contributed by atoms with Crippen molar-refractivity contribution in [2.45, 2.75) is 77.4 Å². The van der Waals surface area contributed by atoms with Crippen molar-refractivity contribution in [1.82, 2.24) is 0 Å². The van der Waals surface area contributed by atoms with E-state index in [2.05, 4.69) is 46.0 Å². The Labute approximate surface area is 110 Å². The molecule has 0 aliphatic rings. The van der Waals surface area contributed by atoms with Gasteiger partial charge in [0.15, 0.2) is 0 Å². The van der Waals surface area contributed by atoms with Gasteiger partial charge in [0.2, 0.25) is 0 Å². The standard InChI is InChI=1S/C15H33NSi/c1-6-9-12-15(11-8-3,13-10-7-2)17(4,5)14-16/h8,11H,6-7,9-10,12-14,16H2,1-5H3. The summed E-state index contributed by atoms with van der Waals surface area (Å²) in [5.41, 5.74) is 6.09. The van der Waals surface area contributed by atoms with Crippen LogP contribution in [0.1, 0.15) is 59.3 Å². The van der Waals surface area contributed by atoms with Crippen molar-refractivity contribution in [3.8, 4) is 0 Å². The van der Waals surface area contributed by atoms with E-state index in [1.54, 1.807) is 0 Å². The van der Waals surface area contributed by atoms with Gasteiger partial charge in [-0.15, -0.1) is 0 Å². The van der Waals surface area contributed by atoms with Gasteiger partial charge in [0.1, 0.15) is 0 Å². The van der Waals surface area contributed by atoms with Crippen LogP contribution in [-0.4, -0.2) is 14.2 Å². The Bertz CT molecular complexity index is 213. The number of allylic oxidation sites excluding steroid dienone is 2. The van der Waals surface area contributed by atoms with Crippen LogP contribution in [0.4, 0.5) is 0 Å². The van der Waals surface area contributed by atoms with Crippen molar-refractivity contribution >= 4 is 8.07 Å². The molecule has 0 aromatic carbocycles. The number of nitrogens with two attached hydrogens (primary N) is 1. The molecule has 1 nitrogen and oxygen atoms in total. The molecule has 17 heavy (non-hydrogen) atoms. The SMILES string of the molecule is CC=CC(CCCC)(CCCC)[Si](C)(C)CN. The van der Waals surface area contributed by atoms with Crippen LogP contribution >= 0.6 is 0 Å². The summed E-state index contributed by atoms with van der Waals surface area (Å²) < 4.78 is 0. The van der Waals surface area contributed by atoms with Crippen molar-refractivity contribution in [2.24, 2.45) is 5.73 Å². The molecular weight excluding hydrogens is 222 g/mol. The molecule has 0 atom stereocenters. The molecule has 0 heterocycles.